The molecule has 0 saturated carbocycles. The fourth-order valence-corrected chi connectivity index (χ4v) is 3.07. The number of aryl methyl sites for hydroxylation is 2. The summed E-state index contributed by atoms with van der Waals surface area (Å²) in [5.74, 6) is 0.670. The van der Waals surface area contributed by atoms with Gasteiger partial charge in [0.05, 0.1) is 7.11 Å². The quantitative estimate of drug-likeness (QED) is 0.433. The summed E-state index contributed by atoms with van der Waals surface area (Å²) in [6.45, 7) is 9.28. The van der Waals surface area contributed by atoms with Crippen molar-refractivity contribution in [1.82, 2.24) is 4.90 Å². The molecule has 1 amide bonds. The molecular weight excluding hydrogens is 366 g/mol. The third-order valence-corrected chi connectivity index (χ3v) is 5.06. The van der Waals surface area contributed by atoms with E-state index in [0.29, 0.717) is 18.8 Å². The normalized spacial score (nSPS) is 10.9. The lowest BCUT2D eigenvalue weighted by atomic mass is 10.1. The SMILES string of the molecule is CCN(CC)C(=O)Oc1cc(C)c([S+](C)C)cc1C.COS(=O)(=O)[O-]. The third kappa shape index (κ3) is 8.57. The zero-order chi connectivity index (χ0) is 19.8. The standard InChI is InChI=1S/C15H24NO2S.CH4O4S/c1-7-16(8-2)15(17)18-13-9-12(4)14(19(5)6)10-11(13)3;1-5-6(2,3)4/h9-10H,7-8H2,1-6H3;1H3,(H,2,3,4)/q+1;/p-1. The van der Waals surface area contributed by atoms with Crippen LogP contribution in [0.4, 0.5) is 4.79 Å². The Labute approximate surface area is 153 Å². The molecule has 0 atom stereocenters. The first-order chi connectivity index (χ1) is 11.5. The molecule has 0 spiro atoms. The first-order valence-corrected chi connectivity index (χ1v) is 11.0. The van der Waals surface area contributed by atoms with Gasteiger partial charge in [0.25, 0.3) is 0 Å². The predicted molar refractivity (Wildman–Crippen MR) is 99.0 cm³/mol. The molecule has 0 saturated heterocycles. The second-order valence-electron chi connectivity index (χ2n) is 5.31. The fraction of sp³-hybridized carbons (Fsp3) is 0.562. The van der Waals surface area contributed by atoms with Crippen molar-refractivity contribution in [3.63, 3.8) is 0 Å². The monoisotopic (exact) mass is 393 g/mol. The van der Waals surface area contributed by atoms with Crippen molar-refractivity contribution in [2.45, 2.75) is 32.6 Å². The minimum absolute atomic E-state index is 0.215. The lowest BCUT2D eigenvalue weighted by Gasteiger charge is -2.19. The Bertz CT molecular complexity index is 669. The highest BCUT2D eigenvalue weighted by Gasteiger charge is 2.18. The maximum atomic E-state index is 12.0. The van der Waals surface area contributed by atoms with Crippen LogP contribution in [-0.2, 0) is 25.5 Å². The average Bonchev–Trinajstić information content (AvgIpc) is 2.51. The van der Waals surface area contributed by atoms with E-state index in [1.807, 2.05) is 26.8 Å². The van der Waals surface area contributed by atoms with Gasteiger partial charge in [-0.2, -0.15) is 0 Å². The highest BCUT2D eigenvalue weighted by atomic mass is 32.3. The lowest BCUT2D eigenvalue weighted by molar-refractivity contribution is 0.157. The first kappa shape index (κ1) is 23.7. The maximum Gasteiger partial charge on any atom is 0.415 e. The summed E-state index contributed by atoms with van der Waals surface area (Å²) in [6.07, 6.45) is 4.12. The third-order valence-electron chi connectivity index (χ3n) is 3.34. The number of nitrogens with zero attached hydrogens (tertiary/aromatic N) is 1. The van der Waals surface area contributed by atoms with Crippen LogP contribution in [0.1, 0.15) is 25.0 Å². The summed E-state index contributed by atoms with van der Waals surface area (Å²) in [6, 6.07) is 4.10. The first-order valence-electron chi connectivity index (χ1n) is 7.63. The highest BCUT2D eigenvalue weighted by molar-refractivity contribution is 7.95. The van der Waals surface area contributed by atoms with E-state index >= 15 is 0 Å². The molecule has 1 aromatic rings. The minimum Gasteiger partial charge on any atom is -0.726 e. The second-order valence-corrected chi connectivity index (χ2v) is 8.54. The molecule has 0 bridgehead atoms. The molecule has 0 aromatic heterocycles. The Kier molecular flexibility index (Phi) is 10.1. The zero-order valence-corrected chi connectivity index (χ0v) is 17.4. The van der Waals surface area contributed by atoms with E-state index in [1.54, 1.807) is 4.90 Å². The number of ether oxygens (including phenoxy) is 1. The smallest absolute Gasteiger partial charge is 0.415 e. The molecule has 0 fully saturated rings. The minimum atomic E-state index is -4.41. The summed E-state index contributed by atoms with van der Waals surface area (Å²) in [4.78, 5) is 15.0. The lowest BCUT2D eigenvalue weighted by Crippen LogP contribution is -2.33. The zero-order valence-electron chi connectivity index (χ0n) is 15.8. The van der Waals surface area contributed by atoms with E-state index in [-0.39, 0.29) is 17.0 Å². The number of carbonyl (C=O) groups excluding carboxylic acids is 1. The average molecular weight is 394 g/mol. The molecule has 1 rings (SSSR count). The Morgan fingerprint density at radius 1 is 1.16 bits per heavy atom. The summed E-state index contributed by atoms with van der Waals surface area (Å²) in [7, 11) is -3.39. The summed E-state index contributed by atoms with van der Waals surface area (Å²) >= 11 is 0. The van der Waals surface area contributed by atoms with Crippen LogP contribution >= 0.6 is 0 Å². The Balaban J connectivity index is 0.000000823. The van der Waals surface area contributed by atoms with Gasteiger partial charge in [0, 0.05) is 35.6 Å². The molecular formula is C16H27NO6S2. The van der Waals surface area contributed by atoms with Gasteiger partial charge in [-0.3, -0.25) is 4.18 Å². The Morgan fingerprint density at radius 2 is 1.64 bits per heavy atom. The van der Waals surface area contributed by atoms with Crippen LogP contribution in [0, 0.1) is 13.8 Å². The van der Waals surface area contributed by atoms with E-state index in [0.717, 1.165) is 12.7 Å². The summed E-state index contributed by atoms with van der Waals surface area (Å²) in [5, 5.41) is 0. The van der Waals surface area contributed by atoms with Crippen LogP contribution in [0.2, 0.25) is 0 Å². The van der Waals surface area contributed by atoms with Crippen LogP contribution in [-0.4, -0.2) is 56.7 Å². The van der Waals surface area contributed by atoms with E-state index in [9.17, 15) is 17.8 Å². The molecule has 1 aromatic carbocycles. The second kappa shape index (κ2) is 10.6. The van der Waals surface area contributed by atoms with E-state index in [1.165, 1.54) is 10.5 Å². The molecule has 0 unspecified atom stereocenters. The highest BCUT2D eigenvalue weighted by Crippen LogP contribution is 2.26. The predicted octanol–water partition coefficient (Wildman–Crippen LogP) is 2.47. The van der Waals surface area contributed by atoms with Crippen molar-refractivity contribution in [2.24, 2.45) is 0 Å². The molecule has 0 aliphatic rings. The van der Waals surface area contributed by atoms with Crippen LogP contribution in [0.5, 0.6) is 5.75 Å². The van der Waals surface area contributed by atoms with Gasteiger partial charge in [-0.05, 0) is 39.3 Å². The van der Waals surface area contributed by atoms with Gasteiger partial charge in [0.2, 0.25) is 10.4 Å². The van der Waals surface area contributed by atoms with E-state index in [4.69, 9.17) is 4.74 Å². The molecule has 7 nitrogen and oxygen atoms in total. The number of hydrogen-bond acceptors (Lipinski definition) is 6. The fourth-order valence-electron chi connectivity index (χ4n) is 1.95. The molecule has 144 valence electrons. The van der Waals surface area contributed by atoms with Crippen LogP contribution in [0.3, 0.4) is 0 Å². The Hall–Kier alpha value is -1.29. The molecule has 0 heterocycles. The molecule has 0 radical (unpaired) electrons. The van der Waals surface area contributed by atoms with Crippen molar-refractivity contribution >= 4 is 27.4 Å². The maximum absolute atomic E-state index is 12.0. The van der Waals surface area contributed by atoms with Gasteiger partial charge in [0.15, 0.2) is 4.90 Å². The largest absolute Gasteiger partial charge is 0.726 e. The van der Waals surface area contributed by atoms with Crippen LogP contribution in [0.15, 0.2) is 17.0 Å². The van der Waals surface area contributed by atoms with Gasteiger partial charge in [-0.1, -0.05) is 0 Å². The number of hydrogen-bond donors (Lipinski definition) is 0. The summed E-state index contributed by atoms with van der Waals surface area (Å²) in [5.41, 5.74) is 2.20. The van der Waals surface area contributed by atoms with Gasteiger partial charge in [-0.25, -0.2) is 13.2 Å². The van der Waals surface area contributed by atoms with Crippen LogP contribution in [0.25, 0.3) is 0 Å². The van der Waals surface area contributed by atoms with Crippen molar-refractivity contribution in [3.8, 4) is 5.75 Å². The Morgan fingerprint density at radius 3 is 2.00 bits per heavy atom. The van der Waals surface area contributed by atoms with Gasteiger partial charge in [0.1, 0.15) is 18.3 Å². The molecule has 0 N–H and O–H groups in total. The topological polar surface area (TPSA) is 96.0 Å². The van der Waals surface area contributed by atoms with Gasteiger partial charge < -0.3 is 14.2 Å². The molecule has 9 heteroatoms. The van der Waals surface area contributed by atoms with E-state index in [2.05, 4.69) is 29.7 Å². The van der Waals surface area contributed by atoms with E-state index < -0.39 is 10.4 Å². The number of amides is 1. The summed E-state index contributed by atoms with van der Waals surface area (Å²) < 4.78 is 36.5. The van der Waals surface area contributed by atoms with Crippen molar-refractivity contribution in [2.75, 3.05) is 32.7 Å². The van der Waals surface area contributed by atoms with Gasteiger partial charge >= 0.3 is 6.09 Å². The number of benzene rings is 1. The van der Waals surface area contributed by atoms with Crippen LogP contribution < -0.4 is 4.74 Å². The van der Waals surface area contributed by atoms with Crippen molar-refractivity contribution < 1.29 is 26.7 Å². The van der Waals surface area contributed by atoms with Gasteiger partial charge in [-0.15, -0.1) is 0 Å². The molecule has 0 aliphatic carbocycles. The number of carbonyl (C=O) groups is 1. The number of rotatable bonds is 5. The molecule has 0 aliphatic heterocycles. The van der Waals surface area contributed by atoms with Crippen molar-refractivity contribution in [3.05, 3.63) is 23.3 Å². The van der Waals surface area contributed by atoms with Crippen molar-refractivity contribution in [1.29, 1.82) is 0 Å². The molecule has 25 heavy (non-hydrogen) atoms.